The van der Waals surface area contributed by atoms with Crippen LogP contribution >= 0.6 is 11.8 Å². The molecule has 0 aliphatic rings. The molecule has 3 N–H and O–H groups in total. The first-order valence-corrected chi connectivity index (χ1v) is 9.23. The second kappa shape index (κ2) is 10.3. The Kier molecular flexibility index (Phi) is 7.75. The van der Waals surface area contributed by atoms with Crippen LogP contribution < -0.4 is 16.0 Å². The summed E-state index contributed by atoms with van der Waals surface area (Å²) in [6.45, 7) is 2.58. The van der Waals surface area contributed by atoms with Crippen LogP contribution in [0.15, 0.2) is 47.1 Å². The lowest BCUT2D eigenvalue weighted by atomic mass is 10.2. The van der Waals surface area contributed by atoms with E-state index < -0.39 is 0 Å². The molecule has 1 aromatic heterocycles. The highest BCUT2D eigenvalue weighted by molar-refractivity contribution is 8.00. The number of anilines is 1. The van der Waals surface area contributed by atoms with E-state index in [0.717, 1.165) is 11.3 Å². The van der Waals surface area contributed by atoms with E-state index in [2.05, 4.69) is 16.0 Å². The van der Waals surface area contributed by atoms with Crippen LogP contribution in [0, 0.1) is 6.92 Å². The number of amides is 3. The van der Waals surface area contributed by atoms with Crippen LogP contribution in [0.25, 0.3) is 0 Å². The molecule has 8 heteroatoms. The molecular formula is C18H21N3O4S. The maximum atomic E-state index is 11.8. The SMILES string of the molecule is Cc1ccc(NC(=O)CSCC(=O)NCCNC(=O)c2ccco2)cc1. The minimum atomic E-state index is -0.327. The van der Waals surface area contributed by atoms with Gasteiger partial charge >= 0.3 is 0 Å². The topological polar surface area (TPSA) is 100 Å². The Balaban J connectivity index is 1.53. The third kappa shape index (κ3) is 7.02. The minimum Gasteiger partial charge on any atom is -0.459 e. The summed E-state index contributed by atoms with van der Waals surface area (Å²) < 4.78 is 4.96. The third-order valence-electron chi connectivity index (χ3n) is 3.28. The zero-order valence-corrected chi connectivity index (χ0v) is 15.2. The molecule has 26 heavy (non-hydrogen) atoms. The highest BCUT2D eigenvalue weighted by Crippen LogP contribution is 2.09. The van der Waals surface area contributed by atoms with E-state index >= 15 is 0 Å². The molecule has 3 amide bonds. The molecule has 7 nitrogen and oxygen atoms in total. The average molecular weight is 375 g/mol. The normalized spacial score (nSPS) is 10.2. The molecule has 0 bridgehead atoms. The summed E-state index contributed by atoms with van der Waals surface area (Å²) in [7, 11) is 0. The van der Waals surface area contributed by atoms with Crippen LogP contribution in [0.1, 0.15) is 16.1 Å². The number of benzene rings is 1. The summed E-state index contributed by atoms with van der Waals surface area (Å²) in [5.41, 5.74) is 1.85. The van der Waals surface area contributed by atoms with Crippen LogP contribution in [0.3, 0.4) is 0 Å². The molecule has 2 rings (SSSR count). The van der Waals surface area contributed by atoms with Crippen molar-refractivity contribution in [1.82, 2.24) is 10.6 Å². The van der Waals surface area contributed by atoms with Crippen molar-refractivity contribution in [2.75, 3.05) is 29.9 Å². The number of carbonyl (C=O) groups is 3. The summed E-state index contributed by atoms with van der Waals surface area (Å²) in [6.07, 6.45) is 1.42. The second-order valence-electron chi connectivity index (χ2n) is 5.49. The monoisotopic (exact) mass is 375 g/mol. The van der Waals surface area contributed by atoms with Gasteiger partial charge < -0.3 is 20.4 Å². The van der Waals surface area contributed by atoms with Crippen molar-refractivity contribution in [3.05, 3.63) is 54.0 Å². The maximum absolute atomic E-state index is 11.8. The van der Waals surface area contributed by atoms with Crippen LogP contribution in [0.2, 0.25) is 0 Å². The molecule has 0 aliphatic heterocycles. The Labute approximate surface area is 155 Å². The predicted molar refractivity (Wildman–Crippen MR) is 101 cm³/mol. The fraction of sp³-hybridized carbons (Fsp3) is 0.278. The van der Waals surface area contributed by atoms with Crippen molar-refractivity contribution < 1.29 is 18.8 Å². The Hall–Kier alpha value is -2.74. The van der Waals surface area contributed by atoms with Crippen molar-refractivity contribution in [1.29, 1.82) is 0 Å². The Bertz CT molecular complexity index is 729. The standard InChI is InChI=1S/C18H21N3O4S/c1-13-4-6-14(7-5-13)21-17(23)12-26-11-16(22)19-8-9-20-18(24)15-3-2-10-25-15/h2-7,10H,8-9,11-12H2,1H3,(H,19,22)(H,20,24)(H,21,23). The van der Waals surface area contributed by atoms with E-state index in [-0.39, 0.29) is 35.0 Å². The molecule has 0 saturated heterocycles. The van der Waals surface area contributed by atoms with Gasteiger partial charge in [-0.25, -0.2) is 0 Å². The molecule has 0 saturated carbocycles. The predicted octanol–water partition coefficient (Wildman–Crippen LogP) is 1.81. The maximum Gasteiger partial charge on any atom is 0.287 e. The lowest BCUT2D eigenvalue weighted by Crippen LogP contribution is -2.35. The van der Waals surface area contributed by atoms with Crippen LogP contribution in [0.4, 0.5) is 5.69 Å². The highest BCUT2D eigenvalue weighted by atomic mass is 32.2. The first-order valence-electron chi connectivity index (χ1n) is 8.07. The van der Waals surface area contributed by atoms with E-state index in [1.165, 1.54) is 18.0 Å². The number of rotatable bonds is 9. The molecule has 1 heterocycles. The summed E-state index contributed by atoms with van der Waals surface area (Å²) in [4.78, 5) is 35.1. The zero-order chi connectivity index (χ0) is 18.8. The van der Waals surface area contributed by atoms with E-state index in [1.807, 2.05) is 31.2 Å². The fourth-order valence-electron chi connectivity index (χ4n) is 1.99. The zero-order valence-electron chi connectivity index (χ0n) is 14.4. The molecule has 138 valence electrons. The summed E-state index contributed by atoms with van der Waals surface area (Å²) in [5, 5.41) is 8.08. The van der Waals surface area contributed by atoms with Crippen molar-refractivity contribution in [2.24, 2.45) is 0 Å². The molecule has 0 fully saturated rings. The van der Waals surface area contributed by atoms with Gasteiger partial charge in [-0.2, -0.15) is 0 Å². The van der Waals surface area contributed by atoms with E-state index in [9.17, 15) is 14.4 Å². The van der Waals surface area contributed by atoms with Crippen LogP contribution in [-0.4, -0.2) is 42.3 Å². The molecule has 0 aliphatic carbocycles. The first-order chi connectivity index (χ1) is 12.5. The van der Waals surface area contributed by atoms with Gasteiger partial charge in [0, 0.05) is 18.8 Å². The molecule has 1 aromatic carbocycles. The summed E-state index contributed by atoms with van der Waals surface area (Å²) >= 11 is 1.23. The van der Waals surface area contributed by atoms with Crippen molar-refractivity contribution in [2.45, 2.75) is 6.92 Å². The van der Waals surface area contributed by atoms with Crippen LogP contribution in [0.5, 0.6) is 0 Å². The van der Waals surface area contributed by atoms with Gasteiger partial charge in [0.2, 0.25) is 11.8 Å². The van der Waals surface area contributed by atoms with Crippen molar-refractivity contribution in [3.8, 4) is 0 Å². The lowest BCUT2D eigenvalue weighted by Gasteiger charge is -2.07. The van der Waals surface area contributed by atoms with E-state index in [0.29, 0.717) is 13.1 Å². The van der Waals surface area contributed by atoms with E-state index in [4.69, 9.17) is 4.42 Å². The Morgan fingerprint density at radius 2 is 1.65 bits per heavy atom. The highest BCUT2D eigenvalue weighted by Gasteiger charge is 2.08. The number of furan rings is 1. The minimum absolute atomic E-state index is 0.155. The Morgan fingerprint density at radius 1 is 0.962 bits per heavy atom. The number of hydrogen-bond acceptors (Lipinski definition) is 5. The van der Waals surface area contributed by atoms with Gasteiger partial charge in [0.05, 0.1) is 17.8 Å². The molecule has 0 spiro atoms. The Morgan fingerprint density at radius 3 is 2.35 bits per heavy atom. The van der Waals surface area contributed by atoms with Crippen molar-refractivity contribution >= 4 is 35.2 Å². The quantitative estimate of drug-likeness (QED) is 0.581. The molecule has 2 aromatic rings. The third-order valence-corrected chi connectivity index (χ3v) is 4.21. The number of nitrogens with one attached hydrogen (secondary N) is 3. The smallest absolute Gasteiger partial charge is 0.287 e. The van der Waals surface area contributed by atoms with Gasteiger partial charge in [0.25, 0.3) is 5.91 Å². The van der Waals surface area contributed by atoms with Crippen LogP contribution in [-0.2, 0) is 9.59 Å². The molecule has 0 atom stereocenters. The number of carbonyl (C=O) groups excluding carboxylic acids is 3. The van der Waals surface area contributed by atoms with Gasteiger partial charge in [-0.1, -0.05) is 17.7 Å². The van der Waals surface area contributed by atoms with Crippen molar-refractivity contribution in [3.63, 3.8) is 0 Å². The molecule has 0 unspecified atom stereocenters. The van der Waals surface area contributed by atoms with Gasteiger partial charge in [-0.05, 0) is 31.2 Å². The van der Waals surface area contributed by atoms with E-state index in [1.54, 1.807) is 12.1 Å². The van der Waals surface area contributed by atoms with Gasteiger partial charge in [0.1, 0.15) is 0 Å². The second-order valence-corrected chi connectivity index (χ2v) is 6.48. The summed E-state index contributed by atoms with van der Waals surface area (Å²) in [6, 6.07) is 10.7. The number of thioether (sulfide) groups is 1. The lowest BCUT2D eigenvalue weighted by molar-refractivity contribution is -0.118. The number of aryl methyl sites for hydroxylation is 1. The van der Waals surface area contributed by atoms with Gasteiger partial charge in [-0.3, -0.25) is 14.4 Å². The van der Waals surface area contributed by atoms with Gasteiger partial charge in [-0.15, -0.1) is 11.8 Å². The molecular weight excluding hydrogens is 354 g/mol. The largest absolute Gasteiger partial charge is 0.459 e. The first kappa shape index (κ1) is 19.6. The fourth-order valence-corrected chi connectivity index (χ4v) is 2.64. The average Bonchev–Trinajstić information content (AvgIpc) is 3.15. The molecule has 0 radical (unpaired) electrons. The van der Waals surface area contributed by atoms with Gasteiger partial charge in [0.15, 0.2) is 5.76 Å². The number of hydrogen-bond donors (Lipinski definition) is 3. The summed E-state index contributed by atoms with van der Waals surface area (Å²) in [5.74, 6) is -0.0788.